The van der Waals surface area contributed by atoms with Crippen LogP contribution >= 0.6 is 0 Å². The molecule has 106 valence electrons. The van der Waals surface area contributed by atoms with Gasteiger partial charge >= 0.3 is 5.97 Å². The minimum atomic E-state index is -3.57. The van der Waals surface area contributed by atoms with Gasteiger partial charge in [0.05, 0.1) is 19.2 Å². The number of hydrogen-bond donors (Lipinski definition) is 0. The van der Waals surface area contributed by atoms with Gasteiger partial charge in [-0.1, -0.05) is 0 Å². The van der Waals surface area contributed by atoms with Crippen LogP contribution in [0.25, 0.3) is 0 Å². The summed E-state index contributed by atoms with van der Waals surface area (Å²) >= 11 is 0. The van der Waals surface area contributed by atoms with Crippen molar-refractivity contribution in [2.24, 2.45) is 13.0 Å². The van der Waals surface area contributed by atoms with Crippen molar-refractivity contribution in [1.82, 2.24) is 14.1 Å². The molecule has 7 nitrogen and oxygen atoms in total. The van der Waals surface area contributed by atoms with Gasteiger partial charge in [0.15, 0.2) is 0 Å². The second kappa shape index (κ2) is 5.30. The van der Waals surface area contributed by atoms with Gasteiger partial charge in [0.25, 0.3) is 0 Å². The van der Waals surface area contributed by atoms with Crippen LogP contribution in [0.4, 0.5) is 0 Å². The van der Waals surface area contributed by atoms with E-state index >= 15 is 0 Å². The highest BCUT2D eigenvalue weighted by Gasteiger charge is 2.34. The molecule has 0 radical (unpaired) electrons. The van der Waals surface area contributed by atoms with E-state index in [0.717, 1.165) is 0 Å². The second-order valence-corrected chi connectivity index (χ2v) is 6.51. The molecule has 1 aromatic rings. The van der Waals surface area contributed by atoms with Crippen molar-refractivity contribution >= 4 is 16.0 Å². The lowest BCUT2D eigenvalue weighted by molar-refractivity contribution is -0.146. The Morgan fingerprint density at radius 3 is 2.84 bits per heavy atom. The molecule has 1 aliphatic heterocycles. The van der Waals surface area contributed by atoms with Gasteiger partial charge in [0.1, 0.15) is 4.90 Å². The normalized spacial score (nSPS) is 21.3. The molecule has 1 saturated heterocycles. The van der Waals surface area contributed by atoms with E-state index in [1.807, 2.05) is 0 Å². The first-order valence-corrected chi connectivity index (χ1v) is 7.46. The standard InChI is InChI=1S/C11H17N3O4S/c1-13-8-10(6-12-13)19(16,17)14-5-3-4-9(7-14)11(15)18-2/h6,8-9H,3-5,7H2,1-2H3. The van der Waals surface area contributed by atoms with E-state index in [9.17, 15) is 13.2 Å². The van der Waals surface area contributed by atoms with Crippen LogP contribution in [0.5, 0.6) is 0 Å². The Morgan fingerprint density at radius 2 is 2.26 bits per heavy atom. The third kappa shape index (κ3) is 2.79. The fraction of sp³-hybridized carbons (Fsp3) is 0.636. The molecular formula is C11H17N3O4S. The molecule has 1 unspecified atom stereocenters. The summed E-state index contributed by atoms with van der Waals surface area (Å²) in [6.07, 6.45) is 4.08. The first-order chi connectivity index (χ1) is 8.95. The van der Waals surface area contributed by atoms with Gasteiger partial charge in [0, 0.05) is 26.3 Å². The molecule has 1 aromatic heterocycles. The average Bonchev–Trinajstić information content (AvgIpc) is 2.85. The van der Waals surface area contributed by atoms with Gasteiger partial charge < -0.3 is 4.74 Å². The molecule has 1 aliphatic rings. The number of aromatic nitrogens is 2. The minimum Gasteiger partial charge on any atom is -0.469 e. The Morgan fingerprint density at radius 1 is 1.53 bits per heavy atom. The molecule has 19 heavy (non-hydrogen) atoms. The number of carbonyl (C=O) groups is 1. The third-order valence-electron chi connectivity index (χ3n) is 3.24. The Labute approximate surface area is 112 Å². The molecule has 8 heteroatoms. The van der Waals surface area contributed by atoms with E-state index in [1.165, 1.54) is 28.5 Å². The predicted molar refractivity (Wildman–Crippen MR) is 66.7 cm³/mol. The lowest BCUT2D eigenvalue weighted by Gasteiger charge is -2.29. The van der Waals surface area contributed by atoms with Crippen molar-refractivity contribution in [1.29, 1.82) is 0 Å². The van der Waals surface area contributed by atoms with Crippen LogP contribution in [0.3, 0.4) is 0 Å². The number of rotatable bonds is 3. The molecule has 0 spiro atoms. The van der Waals surface area contributed by atoms with Crippen molar-refractivity contribution < 1.29 is 17.9 Å². The number of ether oxygens (including phenoxy) is 1. The molecule has 2 rings (SSSR count). The molecule has 0 N–H and O–H groups in total. The van der Waals surface area contributed by atoms with Gasteiger partial charge in [-0.15, -0.1) is 0 Å². The van der Waals surface area contributed by atoms with Crippen molar-refractivity contribution in [2.45, 2.75) is 17.7 Å². The number of nitrogens with zero attached hydrogens (tertiary/aromatic N) is 3. The predicted octanol–water partition coefficient (Wildman–Crippen LogP) is -0.00620. The van der Waals surface area contributed by atoms with Crippen molar-refractivity contribution in [3.63, 3.8) is 0 Å². The molecule has 0 bridgehead atoms. The average molecular weight is 287 g/mol. The molecule has 0 aliphatic carbocycles. The highest BCUT2D eigenvalue weighted by atomic mass is 32.2. The maximum absolute atomic E-state index is 12.4. The Balaban J connectivity index is 2.19. The molecule has 0 aromatic carbocycles. The van der Waals surface area contributed by atoms with Crippen LogP contribution in [-0.4, -0.2) is 48.7 Å². The largest absolute Gasteiger partial charge is 0.469 e. The minimum absolute atomic E-state index is 0.153. The SMILES string of the molecule is COC(=O)C1CCCN(S(=O)(=O)c2cnn(C)c2)C1. The van der Waals surface area contributed by atoms with E-state index in [1.54, 1.807) is 7.05 Å². The zero-order chi connectivity index (χ0) is 14.0. The fourth-order valence-electron chi connectivity index (χ4n) is 2.20. The van der Waals surface area contributed by atoms with Crippen LogP contribution < -0.4 is 0 Å². The number of sulfonamides is 1. The zero-order valence-electron chi connectivity index (χ0n) is 10.9. The summed E-state index contributed by atoms with van der Waals surface area (Å²) < 4.78 is 32.2. The van der Waals surface area contributed by atoms with E-state index in [-0.39, 0.29) is 23.3 Å². The lowest BCUT2D eigenvalue weighted by Crippen LogP contribution is -2.42. The van der Waals surface area contributed by atoms with Crippen molar-refractivity contribution in [2.75, 3.05) is 20.2 Å². The summed E-state index contributed by atoms with van der Waals surface area (Å²) in [6.45, 7) is 0.592. The Hall–Kier alpha value is -1.41. The summed E-state index contributed by atoms with van der Waals surface area (Å²) in [5, 5.41) is 3.87. The maximum atomic E-state index is 12.4. The molecular weight excluding hydrogens is 270 g/mol. The van der Waals surface area contributed by atoms with Crippen LogP contribution in [-0.2, 0) is 26.6 Å². The molecule has 0 amide bonds. The zero-order valence-corrected chi connectivity index (χ0v) is 11.8. The van der Waals surface area contributed by atoms with Gasteiger partial charge in [-0.2, -0.15) is 9.40 Å². The number of esters is 1. The molecule has 2 heterocycles. The Bertz CT molecular complexity index is 566. The number of aryl methyl sites for hydroxylation is 1. The van der Waals surface area contributed by atoms with Crippen LogP contribution in [0.1, 0.15) is 12.8 Å². The summed E-state index contributed by atoms with van der Waals surface area (Å²) in [7, 11) is -0.598. The second-order valence-electron chi connectivity index (χ2n) is 4.58. The van der Waals surface area contributed by atoms with Gasteiger partial charge in [-0.25, -0.2) is 8.42 Å². The van der Waals surface area contributed by atoms with Crippen LogP contribution in [0.15, 0.2) is 17.3 Å². The highest BCUT2D eigenvalue weighted by molar-refractivity contribution is 7.89. The fourth-order valence-corrected chi connectivity index (χ4v) is 3.71. The smallest absolute Gasteiger partial charge is 0.309 e. The number of piperidine rings is 1. The highest BCUT2D eigenvalue weighted by Crippen LogP contribution is 2.24. The molecule has 1 fully saturated rings. The van der Waals surface area contributed by atoms with Gasteiger partial charge in [0.2, 0.25) is 10.0 Å². The third-order valence-corrected chi connectivity index (χ3v) is 5.06. The van der Waals surface area contributed by atoms with E-state index in [4.69, 9.17) is 0 Å². The lowest BCUT2D eigenvalue weighted by atomic mass is 10.0. The first-order valence-electron chi connectivity index (χ1n) is 6.02. The summed E-state index contributed by atoms with van der Waals surface area (Å²) in [6, 6.07) is 0. The Kier molecular flexibility index (Phi) is 3.91. The van der Waals surface area contributed by atoms with Gasteiger partial charge in [-0.05, 0) is 12.8 Å². The topological polar surface area (TPSA) is 81.5 Å². The van der Waals surface area contributed by atoms with Crippen molar-refractivity contribution in [3.8, 4) is 0 Å². The van der Waals surface area contributed by atoms with E-state index in [2.05, 4.69) is 9.84 Å². The molecule has 1 atom stereocenters. The van der Waals surface area contributed by atoms with Gasteiger partial charge in [-0.3, -0.25) is 9.48 Å². The van der Waals surface area contributed by atoms with E-state index in [0.29, 0.717) is 19.4 Å². The summed E-state index contributed by atoms with van der Waals surface area (Å²) in [5.41, 5.74) is 0. The van der Waals surface area contributed by atoms with Crippen LogP contribution in [0.2, 0.25) is 0 Å². The number of methoxy groups -OCH3 is 1. The van der Waals surface area contributed by atoms with Crippen molar-refractivity contribution in [3.05, 3.63) is 12.4 Å². The maximum Gasteiger partial charge on any atom is 0.309 e. The summed E-state index contributed by atoms with van der Waals surface area (Å²) in [5.74, 6) is -0.740. The quantitative estimate of drug-likeness (QED) is 0.731. The van der Waals surface area contributed by atoms with E-state index < -0.39 is 10.0 Å². The van der Waals surface area contributed by atoms with Crippen LogP contribution in [0, 0.1) is 5.92 Å². The molecule has 0 saturated carbocycles. The summed E-state index contributed by atoms with van der Waals surface area (Å²) in [4.78, 5) is 11.7. The monoisotopic (exact) mass is 287 g/mol. The number of carbonyl (C=O) groups excluding carboxylic acids is 1. The number of hydrogen-bond acceptors (Lipinski definition) is 5. The first kappa shape index (κ1) is 14.0.